The van der Waals surface area contributed by atoms with Crippen LogP contribution < -0.4 is 10.6 Å². The van der Waals surface area contributed by atoms with Gasteiger partial charge in [0, 0.05) is 23.8 Å². The van der Waals surface area contributed by atoms with Crippen molar-refractivity contribution in [1.82, 2.24) is 19.7 Å². The summed E-state index contributed by atoms with van der Waals surface area (Å²) in [5.74, 6) is 0.245. The molecule has 0 bridgehead atoms. The minimum Gasteiger partial charge on any atom is -0.326 e. The van der Waals surface area contributed by atoms with Gasteiger partial charge in [-0.1, -0.05) is 17.8 Å². The van der Waals surface area contributed by atoms with Gasteiger partial charge in [0.15, 0.2) is 10.3 Å². The van der Waals surface area contributed by atoms with Crippen molar-refractivity contribution in [3.05, 3.63) is 46.7 Å². The first-order valence-corrected chi connectivity index (χ1v) is 11.3. The predicted molar refractivity (Wildman–Crippen MR) is 120 cm³/mol. The number of amides is 2. The molecule has 0 aliphatic carbocycles. The van der Waals surface area contributed by atoms with Crippen LogP contribution in [0.15, 0.2) is 34.9 Å². The molecule has 30 heavy (non-hydrogen) atoms. The molecule has 0 fully saturated rings. The zero-order valence-electron chi connectivity index (χ0n) is 17.3. The Morgan fingerprint density at radius 1 is 1.20 bits per heavy atom. The molecule has 1 atom stereocenters. The van der Waals surface area contributed by atoms with Gasteiger partial charge in [0.1, 0.15) is 5.82 Å². The maximum atomic E-state index is 12.5. The molecule has 0 aliphatic rings. The molecule has 0 aliphatic heterocycles. The summed E-state index contributed by atoms with van der Waals surface area (Å²) in [6.07, 6.45) is 1.75. The first-order chi connectivity index (χ1) is 14.4. The van der Waals surface area contributed by atoms with E-state index in [2.05, 4.69) is 25.8 Å². The van der Waals surface area contributed by atoms with E-state index in [9.17, 15) is 9.59 Å². The Morgan fingerprint density at radius 3 is 2.67 bits per heavy atom. The van der Waals surface area contributed by atoms with Gasteiger partial charge in [0.25, 0.3) is 0 Å². The first-order valence-electron chi connectivity index (χ1n) is 9.53. The van der Waals surface area contributed by atoms with Crippen molar-refractivity contribution < 1.29 is 9.59 Å². The normalized spacial score (nSPS) is 11.9. The molecule has 2 amide bonds. The van der Waals surface area contributed by atoms with Crippen molar-refractivity contribution in [2.75, 3.05) is 10.6 Å². The summed E-state index contributed by atoms with van der Waals surface area (Å²) < 4.78 is 1.86. The van der Waals surface area contributed by atoms with Gasteiger partial charge >= 0.3 is 0 Å². The van der Waals surface area contributed by atoms with Gasteiger partial charge in [-0.15, -0.1) is 21.5 Å². The molecule has 3 aromatic rings. The molecule has 158 valence electrons. The maximum Gasteiger partial charge on any atom is 0.239 e. The van der Waals surface area contributed by atoms with Crippen LogP contribution >= 0.6 is 23.1 Å². The lowest BCUT2D eigenvalue weighted by Crippen LogP contribution is -2.23. The summed E-state index contributed by atoms with van der Waals surface area (Å²) in [4.78, 5) is 28.9. The number of hydrogen-bond donors (Lipinski definition) is 2. The Kier molecular flexibility index (Phi) is 7.22. The summed E-state index contributed by atoms with van der Waals surface area (Å²) in [6.45, 7) is 8.39. The molecular weight excluding hydrogens is 420 g/mol. The fourth-order valence-electron chi connectivity index (χ4n) is 2.73. The second kappa shape index (κ2) is 9.86. The van der Waals surface area contributed by atoms with E-state index >= 15 is 0 Å². The van der Waals surface area contributed by atoms with Gasteiger partial charge < -0.3 is 15.2 Å². The van der Waals surface area contributed by atoms with E-state index in [4.69, 9.17) is 0 Å². The van der Waals surface area contributed by atoms with Gasteiger partial charge in [0.05, 0.1) is 11.7 Å². The van der Waals surface area contributed by atoms with Crippen molar-refractivity contribution >= 4 is 45.7 Å². The number of carbonyl (C=O) groups is 2. The van der Waals surface area contributed by atoms with Gasteiger partial charge in [0.2, 0.25) is 11.8 Å². The summed E-state index contributed by atoms with van der Waals surface area (Å²) in [5, 5.41) is 16.6. The highest BCUT2D eigenvalue weighted by molar-refractivity contribution is 8.00. The second-order valence-corrected chi connectivity index (χ2v) is 8.96. The van der Waals surface area contributed by atoms with E-state index in [1.54, 1.807) is 18.5 Å². The topological polar surface area (TPSA) is 102 Å². The van der Waals surface area contributed by atoms with Crippen LogP contribution in [0.1, 0.15) is 30.8 Å². The number of nitrogens with one attached hydrogen (secondary N) is 2. The zero-order valence-corrected chi connectivity index (χ0v) is 18.9. The molecule has 2 N–H and O–H groups in total. The number of carbonyl (C=O) groups excluding carboxylic acids is 2. The predicted octanol–water partition coefficient (Wildman–Crippen LogP) is 3.67. The SMILES string of the molecule is CCn1c(CC(=O)Nc2ccc(C)c(C)c2)nnc1SC(C)C(=O)Nc1nccs1. The lowest BCUT2D eigenvalue weighted by atomic mass is 10.1. The van der Waals surface area contributed by atoms with Crippen LogP contribution in [-0.4, -0.2) is 36.8 Å². The standard InChI is InChI=1S/C20H24N6O2S2/c1-5-26-16(11-17(27)22-15-7-6-12(2)13(3)10-15)24-25-20(26)30-14(4)18(28)23-19-21-8-9-29-19/h6-10,14H,5,11H2,1-4H3,(H,22,27)(H,21,23,28). The van der Waals surface area contributed by atoms with E-state index in [1.807, 2.05) is 43.5 Å². The molecular formula is C20H24N6O2S2. The van der Waals surface area contributed by atoms with Crippen molar-refractivity contribution in [2.24, 2.45) is 0 Å². The average Bonchev–Trinajstić information content (AvgIpc) is 3.34. The molecule has 3 rings (SSSR count). The number of thioether (sulfide) groups is 1. The zero-order chi connectivity index (χ0) is 21.7. The fraction of sp³-hybridized carbons (Fsp3) is 0.350. The number of nitrogens with zero attached hydrogens (tertiary/aromatic N) is 4. The van der Waals surface area contributed by atoms with Crippen LogP contribution in [0.5, 0.6) is 0 Å². The molecule has 10 heteroatoms. The summed E-state index contributed by atoms with van der Waals surface area (Å²) >= 11 is 2.67. The van der Waals surface area contributed by atoms with Crippen LogP contribution in [0.2, 0.25) is 0 Å². The van der Waals surface area contributed by atoms with Crippen molar-refractivity contribution in [1.29, 1.82) is 0 Å². The molecule has 0 spiro atoms. The molecule has 2 aromatic heterocycles. The largest absolute Gasteiger partial charge is 0.326 e. The monoisotopic (exact) mass is 444 g/mol. The maximum absolute atomic E-state index is 12.5. The summed E-state index contributed by atoms with van der Waals surface area (Å²) in [5.41, 5.74) is 3.05. The Bertz CT molecular complexity index is 1030. The van der Waals surface area contributed by atoms with Crippen LogP contribution in [0.25, 0.3) is 0 Å². The minimum absolute atomic E-state index is 0.105. The Labute approximate surface area is 183 Å². The fourth-order valence-corrected chi connectivity index (χ4v) is 4.19. The Morgan fingerprint density at radius 2 is 2.00 bits per heavy atom. The van der Waals surface area contributed by atoms with E-state index in [-0.39, 0.29) is 23.5 Å². The van der Waals surface area contributed by atoms with Crippen LogP contribution in [0, 0.1) is 13.8 Å². The minimum atomic E-state index is -0.388. The third-order valence-electron chi connectivity index (χ3n) is 4.53. The quantitative estimate of drug-likeness (QED) is 0.514. The third-order valence-corrected chi connectivity index (χ3v) is 6.30. The molecule has 1 aromatic carbocycles. The van der Waals surface area contributed by atoms with Crippen molar-refractivity contribution in [3.63, 3.8) is 0 Å². The number of hydrogen-bond acceptors (Lipinski definition) is 7. The molecule has 0 saturated heterocycles. The number of rotatable bonds is 8. The van der Waals surface area contributed by atoms with E-state index < -0.39 is 0 Å². The highest BCUT2D eigenvalue weighted by Gasteiger charge is 2.21. The second-order valence-electron chi connectivity index (χ2n) is 6.75. The van der Waals surface area contributed by atoms with Crippen molar-refractivity contribution in [2.45, 2.75) is 51.1 Å². The Balaban J connectivity index is 1.63. The summed E-state index contributed by atoms with van der Waals surface area (Å²) in [7, 11) is 0. The lowest BCUT2D eigenvalue weighted by molar-refractivity contribution is -0.116. The Hall–Kier alpha value is -2.72. The molecule has 0 radical (unpaired) electrons. The molecule has 1 unspecified atom stereocenters. The molecule has 2 heterocycles. The lowest BCUT2D eigenvalue weighted by Gasteiger charge is -2.12. The number of aromatic nitrogens is 4. The van der Waals surface area contributed by atoms with E-state index in [0.717, 1.165) is 11.3 Å². The number of anilines is 2. The summed E-state index contributed by atoms with van der Waals surface area (Å²) in [6, 6.07) is 5.81. The smallest absolute Gasteiger partial charge is 0.239 e. The number of benzene rings is 1. The van der Waals surface area contributed by atoms with Gasteiger partial charge in [-0.25, -0.2) is 4.98 Å². The highest BCUT2D eigenvalue weighted by atomic mass is 32.2. The van der Waals surface area contributed by atoms with Crippen LogP contribution in [0.4, 0.5) is 10.8 Å². The van der Waals surface area contributed by atoms with Crippen molar-refractivity contribution in [3.8, 4) is 0 Å². The highest BCUT2D eigenvalue weighted by Crippen LogP contribution is 2.24. The van der Waals surface area contributed by atoms with Gasteiger partial charge in [-0.05, 0) is 51.0 Å². The third kappa shape index (κ3) is 5.45. The van der Waals surface area contributed by atoms with E-state index in [1.165, 1.54) is 28.7 Å². The van der Waals surface area contributed by atoms with Gasteiger partial charge in [-0.2, -0.15) is 0 Å². The average molecular weight is 445 g/mol. The van der Waals surface area contributed by atoms with E-state index in [0.29, 0.717) is 22.7 Å². The number of thiazole rings is 1. The molecule has 0 saturated carbocycles. The van der Waals surface area contributed by atoms with Crippen LogP contribution in [-0.2, 0) is 22.6 Å². The molecule has 8 nitrogen and oxygen atoms in total. The first kappa shape index (κ1) is 22.0. The van der Waals surface area contributed by atoms with Gasteiger partial charge in [-0.3, -0.25) is 9.59 Å². The number of aryl methyl sites for hydroxylation is 2. The van der Waals surface area contributed by atoms with Crippen LogP contribution in [0.3, 0.4) is 0 Å².